The molecule has 2 heterocycles. The minimum absolute atomic E-state index is 0.00330. The zero-order valence-corrected chi connectivity index (χ0v) is 21.0. The number of carbonyl (C=O) groups is 2. The summed E-state index contributed by atoms with van der Waals surface area (Å²) in [6.07, 6.45) is -13.5. The van der Waals surface area contributed by atoms with Gasteiger partial charge in [-0.1, -0.05) is 35.3 Å². The zero-order valence-electron chi connectivity index (χ0n) is 18.6. The van der Waals surface area contributed by atoms with Gasteiger partial charge in [-0.15, -0.1) is 11.3 Å². The number of amides is 1. The Kier molecular flexibility index (Phi) is 8.38. The minimum Gasteiger partial charge on any atom is -0.461 e. The molecule has 0 aliphatic carbocycles. The molecular weight excluding hydrogens is 580 g/mol. The lowest BCUT2D eigenvalue weighted by molar-refractivity contribution is -0.376. The Balaban J connectivity index is 2.18. The first kappa shape index (κ1) is 29.4. The van der Waals surface area contributed by atoms with Crippen LogP contribution in [0.3, 0.4) is 0 Å². The molecule has 16 heteroatoms. The number of ether oxygens (including phenoxy) is 1. The maximum atomic E-state index is 13.5. The summed E-state index contributed by atoms with van der Waals surface area (Å²) in [4.78, 5) is 30.4. The van der Waals surface area contributed by atoms with Crippen LogP contribution in [0.15, 0.2) is 12.1 Å². The fourth-order valence-electron chi connectivity index (χ4n) is 3.60. The van der Waals surface area contributed by atoms with Gasteiger partial charge in [-0.3, -0.25) is 4.79 Å². The fraction of sp³-hybridized carbons (Fsp3) is 0.476. The Morgan fingerprint density at radius 1 is 1.11 bits per heavy atom. The van der Waals surface area contributed by atoms with Gasteiger partial charge in [0, 0.05) is 24.2 Å². The summed E-state index contributed by atoms with van der Waals surface area (Å²) in [5.41, 5.74) is -7.86. The van der Waals surface area contributed by atoms with Crippen molar-refractivity contribution in [3.8, 4) is 10.4 Å². The van der Waals surface area contributed by atoms with Crippen molar-refractivity contribution in [1.82, 2.24) is 9.88 Å². The molecule has 37 heavy (non-hydrogen) atoms. The first-order chi connectivity index (χ1) is 17.0. The lowest BCUT2D eigenvalue weighted by Gasteiger charge is -2.33. The van der Waals surface area contributed by atoms with Crippen molar-refractivity contribution in [2.45, 2.75) is 43.9 Å². The molecule has 0 bridgehead atoms. The summed E-state index contributed by atoms with van der Waals surface area (Å²) in [7, 11) is 0. The van der Waals surface area contributed by atoms with Gasteiger partial charge < -0.3 is 14.7 Å². The molecule has 1 amide bonds. The highest BCUT2D eigenvalue weighted by atomic mass is 35.5. The second-order valence-corrected chi connectivity index (χ2v) is 9.63. The Morgan fingerprint density at radius 3 is 2.19 bits per heavy atom. The monoisotopic (exact) mass is 596 g/mol. The summed E-state index contributed by atoms with van der Waals surface area (Å²) in [5, 5.41) is 7.25. The van der Waals surface area contributed by atoms with Crippen LogP contribution >= 0.6 is 34.5 Å². The predicted molar refractivity (Wildman–Crippen MR) is 120 cm³/mol. The van der Waals surface area contributed by atoms with Gasteiger partial charge >= 0.3 is 18.3 Å². The number of carbonyl (C=O) groups excluding carboxylic acids is 2. The Morgan fingerprint density at radius 2 is 1.68 bits per heavy atom. The van der Waals surface area contributed by atoms with Gasteiger partial charge in [-0.2, -0.15) is 26.3 Å². The molecule has 0 spiro atoms. The highest BCUT2D eigenvalue weighted by Crippen LogP contribution is 2.54. The maximum Gasteiger partial charge on any atom is 0.430 e. The summed E-state index contributed by atoms with van der Waals surface area (Å²) >= 11 is 12.4. The van der Waals surface area contributed by atoms with Crippen LogP contribution in [0.4, 0.5) is 30.7 Å². The third kappa shape index (κ3) is 5.38. The molecule has 0 radical (unpaired) electrons. The van der Waals surface area contributed by atoms with Crippen molar-refractivity contribution in [2.24, 2.45) is 0 Å². The molecule has 0 unspecified atom stereocenters. The van der Waals surface area contributed by atoms with Crippen molar-refractivity contribution in [3.05, 3.63) is 38.4 Å². The number of likely N-dealkylation sites (tertiary alicyclic amines) is 1. The Hall–Kier alpha value is -2.16. The largest absolute Gasteiger partial charge is 0.461 e. The van der Waals surface area contributed by atoms with Crippen LogP contribution in [0, 0.1) is 0 Å². The van der Waals surface area contributed by atoms with E-state index in [9.17, 15) is 45.4 Å². The molecule has 1 saturated heterocycles. The van der Waals surface area contributed by atoms with Gasteiger partial charge in [0.1, 0.15) is 11.9 Å². The maximum absolute atomic E-state index is 13.5. The number of aromatic nitrogens is 1. The second kappa shape index (κ2) is 10.5. The number of thiazole rings is 1. The molecule has 1 aromatic carbocycles. The molecule has 0 atom stereocenters. The molecule has 0 saturated carbocycles. The zero-order chi connectivity index (χ0) is 27.9. The molecule has 204 valence electrons. The van der Waals surface area contributed by atoms with E-state index in [-0.39, 0.29) is 54.1 Å². The van der Waals surface area contributed by atoms with Gasteiger partial charge in [0.25, 0.3) is 11.5 Å². The van der Waals surface area contributed by atoms with Crippen molar-refractivity contribution >= 4 is 46.4 Å². The highest BCUT2D eigenvalue weighted by molar-refractivity contribution is 7.17. The lowest BCUT2D eigenvalue weighted by Crippen LogP contribution is -2.54. The number of esters is 1. The molecule has 3 rings (SSSR count). The van der Waals surface area contributed by atoms with E-state index in [0.29, 0.717) is 17.4 Å². The average Bonchev–Trinajstić information content (AvgIpc) is 3.24. The van der Waals surface area contributed by atoms with E-state index in [4.69, 9.17) is 27.9 Å². The highest BCUT2D eigenvalue weighted by Gasteiger charge is 2.72. The van der Waals surface area contributed by atoms with E-state index in [1.807, 2.05) is 0 Å². The molecule has 1 aliphatic heterocycles. The lowest BCUT2D eigenvalue weighted by atomic mass is 9.91. The van der Waals surface area contributed by atoms with Crippen molar-refractivity contribution in [3.63, 3.8) is 0 Å². The van der Waals surface area contributed by atoms with Crippen LogP contribution in [-0.2, 0) is 10.3 Å². The molecule has 1 fully saturated rings. The third-order valence-electron chi connectivity index (χ3n) is 5.53. The van der Waals surface area contributed by atoms with Gasteiger partial charge in [-0.25, -0.2) is 14.2 Å². The Bertz CT molecular complexity index is 1180. The number of aliphatic hydroxyl groups is 1. The molecule has 1 aliphatic rings. The van der Waals surface area contributed by atoms with Crippen LogP contribution in [0.2, 0.25) is 10.0 Å². The normalized spacial score (nSPS) is 15.7. The van der Waals surface area contributed by atoms with Gasteiger partial charge in [0.05, 0.1) is 21.5 Å². The van der Waals surface area contributed by atoms with Crippen LogP contribution in [0.1, 0.15) is 45.6 Å². The Labute approximate surface area is 218 Å². The topological polar surface area (TPSA) is 79.7 Å². The van der Waals surface area contributed by atoms with E-state index in [2.05, 4.69) is 4.98 Å². The molecule has 2 aromatic rings. The molecular formula is C21H17Cl2F7N2O4S. The first-order valence-electron chi connectivity index (χ1n) is 10.5. The van der Waals surface area contributed by atoms with E-state index >= 15 is 0 Å². The second-order valence-electron chi connectivity index (χ2n) is 7.88. The number of piperidine rings is 1. The van der Waals surface area contributed by atoms with Crippen LogP contribution in [0.25, 0.3) is 10.4 Å². The number of alkyl halides is 7. The van der Waals surface area contributed by atoms with E-state index in [1.54, 1.807) is 0 Å². The summed E-state index contributed by atoms with van der Waals surface area (Å²) in [6, 6.07) is 0.968. The number of rotatable bonds is 5. The third-order valence-corrected chi connectivity index (χ3v) is 7.48. The van der Waals surface area contributed by atoms with Crippen molar-refractivity contribution < 1.29 is 50.2 Å². The quantitative estimate of drug-likeness (QED) is 0.329. The van der Waals surface area contributed by atoms with Crippen molar-refractivity contribution in [2.75, 3.05) is 19.7 Å². The number of halogens is 9. The first-order valence-corrected chi connectivity index (χ1v) is 12.1. The smallest absolute Gasteiger partial charge is 0.430 e. The fourth-order valence-corrected chi connectivity index (χ4v) is 5.20. The van der Waals surface area contributed by atoms with Crippen LogP contribution in [-0.4, -0.2) is 65.1 Å². The molecule has 6 nitrogen and oxygen atoms in total. The molecule has 1 aromatic heterocycles. The SMILES string of the molecule is CCOC(=O)c1nc(C(=O)N2CCC(F)CC2)c(-c2ccc(C(O)(C(F)(F)F)C(F)(F)F)c(Cl)c2Cl)s1. The van der Waals surface area contributed by atoms with Gasteiger partial charge in [0.15, 0.2) is 0 Å². The standard InChI is InChI=1S/C21H17Cl2F7N2O4S/c1-2-36-18(34)16-31-14(17(33)32-7-5-9(24)6-8-32)15(37-16)10-3-4-11(13(23)12(10)22)19(35,20(25,26)27)21(28,29)30/h3-4,9,35H,2,5-8H2,1H3. The van der Waals surface area contributed by atoms with Gasteiger partial charge in [-0.05, 0) is 19.8 Å². The minimum atomic E-state index is -6.22. The molecule has 1 N–H and O–H groups in total. The van der Waals surface area contributed by atoms with E-state index < -0.39 is 57.3 Å². The number of nitrogens with zero attached hydrogens (tertiary/aromatic N) is 2. The summed E-state index contributed by atoms with van der Waals surface area (Å²) < 4.78 is 98.7. The van der Waals surface area contributed by atoms with E-state index in [1.165, 1.54) is 11.8 Å². The number of hydrogen-bond donors (Lipinski definition) is 1. The summed E-state index contributed by atoms with van der Waals surface area (Å²) in [5.74, 6) is -1.72. The van der Waals surface area contributed by atoms with Crippen LogP contribution < -0.4 is 0 Å². The number of hydrogen-bond acceptors (Lipinski definition) is 6. The van der Waals surface area contributed by atoms with Gasteiger partial charge in [0.2, 0.25) is 5.01 Å². The van der Waals surface area contributed by atoms with Crippen molar-refractivity contribution in [1.29, 1.82) is 0 Å². The summed E-state index contributed by atoms with van der Waals surface area (Å²) in [6.45, 7) is 1.44. The average molecular weight is 597 g/mol. The van der Waals surface area contributed by atoms with Crippen LogP contribution in [0.5, 0.6) is 0 Å². The van der Waals surface area contributed by atoms with E-state index in [0.717, 1.165) is 0 Å². The number of benzene rings is 1. The predicted octanol–water partition coefficient (Wildman–Crippen LogP) is 6.18.